The van der Waals surface area contributed by atoms with Gasteiger partial charge in [-0.2, -0.15) is 0 Å². The average Bonchev–Trinajstić information content (AvgIpc) is 2.37. The molecule has 4 nitrogen and oxygen atoms in total. The molecule has 1 aromatic rings. The van der Waals surface area contributed by atoms with Crippen LogP contribution in [-0.2, 0) is 17.8 Å². The van der Waals surface area contributed by atoms with Crippen molar-refractivity contribution in [2.45, 2.75) is 33.2 Å². The Labute approximate surface area is 102 Å². The fourth-order valence-corrected chi connectivity index (χ4v) is 1.26. The van der Waals surface area contributed by atoms with Gasteiger partial charge in [-0.3, -0.25) is 4.84 Å². The van der Waals surface area contributed by atoms with E-state index in [0.717, 1.165) is 18.4 Å². The highest BCUT2D eigenvalue weighted by atomic mass is 16.7. The lowest BCUT2D eigenvalue weighted by molar-refractivity contribution is 0.150. The number of rotatable bonds is 5. The first-order chi connectivity index (χ1) is 8.26. The molecule has 0 radical (unpaired) electrons. The van der Waals surface area contributed by atoms with Gasteiger partial charge >= 0.3 is 6.09 Å². The van der Waals surface area contributed by atoms with E-state index in [2.05, 4.69) is 34.4 Å². The van der Waals surface area contributed by atoms with Crippen molar-refractivity contribution >= 4 is 12.3 Å². The second-order valence-electron chi connectivity index (χ2n) is 3.60. The van der Waals surface area contributed by atoms with Gasteiger partial charge < -0.3 is 5.32 Å². The van der Waals surface area contributed by atoms with Crippen molar-refractivity contribution in [1.29, 1.82) is 0 Å². The molecule has 0 aliphatic carbocycles. The molecule has 1 N–H and O–H groups in total. The quantitative estimate of drug-likeness (QED) is 0.484. The molecule has 0 heterocycles. The van der Waals surface area contributed by atoms with Gasteiger partial charge in [0.15, 0.2) is 0 Å². The zero-order chi connectivity index (χ0) is 12.5. The normalized spacial score (nSPS) is 10.5. The summed E-state index contributed by atoms with van der Waals surface area (Å²) in [7, 11) is 0. The largest absolute Gasteiger partial charge is 0.433 e. The molecule has 0 bridgehead atoms. The van der Waals surface area contributed by atoms with Crippen LogP contribution in [0.15, 0.2) is 29.4 Å². The first kappa shape index (κ1) is 13.2. The van der Waals surface area contributed by atoms with E-state index in [1.165, 1.54) is 11.8 Å². The molecule has 0 aliphatic rings. The Morgan fingerprint density at radius 3 is 2.53 bits per heavy atom. The standard InChI is InChI=1S/C13H18N2O2/c1-3-9-15-17-13(16)14-10-12-7-5-11(4-2)6-8-12/h5-9H,3-4,10H2,1-2H3,(H,14,16)/b15-9-. The van der Waals surface area contributed by atoms with E-state index in [4.69, 9.17) is 0 Å². The number of carbonyl (C=O) groups excluding carboxylic acids is 1. The summed E-state index contributed by atoms with van der Waals surface area (Å²) in [6, 6.07) is 8.10. The summed E-state index contributed by atoms with van der Waals surface area (Å²) in [4.78, 5) is 15.7. The molecule has 92 valence electrons. The van der Waals surface area contributed by atoms with Crippen molar-refractivity contribution in [3.63, 3.8) is 0 Å². The van der Waals surface area contributed by atoms with Gasteiger partial charge in [0.2, 0.25) is 0 Å². The van der Waals surface area contributed by atoms with Crippen LogP contribution >= 0.6 is 0 Å². The molecule has 0 saturated carbocycles. The molecule has 17 heavy (non-hydrogen) atoms. The Balaban J connectivity index is 2.34. The summed E-state index contributed by atoms with van der Waals surface area (Å²) in [5.74, 6) is 0. The highest BCUT2D eigenvalue weighted by Gasteiger charge is 2.00. The molecule has 0 saturated heterocycles. The highest BCUT2D eigenvalue weighted by Crippen LogP contribution is 2.04. The third-order valence-corrected chi connectivity index (χ3v) is 2.26. The third-order valence-electron chi connectivity index (χ3n) is 2.26. The summed E-state index contributed by atoms with van der Waals surface area (Å²) < 4.78 is 0. The Morgan fingerprint density at radius 1 is 1.29 bits per heavy atom. The summed E-state index contributed by atoms with van der Waals surface area (Å²) in [6.07, 6.45) is 2.76. The second kappa shape index (κ2) is 7.44. The molecule has 0 aliphatic heterocycles. The molecule has 1 aromatic carbocycles. The van der Waals surface area contributed by atoms with Crippen molar-refractivity contribution < 1.29 is 9.63 Å². The van der Waals surface area contributed by atoms with E-state index < -0.39 is 6.09 Å². The van der Waals surface area contributed by atoms with Crippen LogP contribution < -0.4 is 5.32 Å². The van der Waals surface area contributed by atoms with E-state index >= 15 is 0 Å². The summed E-state index contributed by atoms with van der Waals surface area (Å²) in [5, 5.41) is 6.11. The maximum Gasteiger partial charge on any atom is 0.433 e. The molecule has 0 spiro atoms. The van der Waals surface area contributed by atoms with E-state index in [0.29, 0.717) is 6.54 Å². The lowest BCUT2D eigenvalue weighted by Gasteiger charge is -2.03. The molecule has 1 amide bonds. The van der Waals surface area contributed by atoms with Crippen LogP contribution in [-0.4, -0.2) is 12.3 Å². The molecule has 1 rings (SSSR count). The first-order valence-corrected chi connectivity index (χ1v) is 5.80. The van der Waals surface area contributed by atoms with E-state index in [-0.39, 0.29) is 0 Å². The highest BCUT2D eigenvalue weighted by molar-refractivity contribution is 5.68. The van der Waals surface area contributed by atoms with Gasteiger partial charge in [-0.15, -0.1) is 0 Å². The lowest BCUT2D eigenvalue weighted by atomic mass is 10.1. The molecule has 0 aromatic heterocycles. The van der Waals surface area contributed by atoms with Crippen LogP contribution in [0.25, 0.3) is 0 Å². The molecule has 0 atom stereocenters. The van der Waals surface area contributed by atoms with E-state index in [9.17, 15) is 4.79 Å². The second-order valence-corrected chi connectivity index (χ2v) is 3.60. The number of hydrogen-bond acceptors (Lipinski definition) is 3. The fourth-order valence-electron chi connectivity index (χ4n) is 1.26. The van der Waals surface area contributed by atoms with Crippen molar-refractivity contribution in [3.8, 4) is 0 Å². The predicted molar refractivity (Wildman–Crippen MR) is 67.9 cm³/mol. The Morgan fingerprint density at radius 2 is 1.94 bits per heavy atom. The molecular formula is C13H18N2O2. The maximum atomic E-state index is 11.2. The van der Waals surface area contributed by atoms with Crippen LogP contribution in [0.4, 0.5) is 4.79 Å². The number of oxime groups is 1. The first-order valence-electron chi connectivity index (χ1n) is 5.80. The van der Waals surface area contributed by atoms with Crippen LogP contribution in [0.1, 0.15) is 31.4 Å². The van der Waals surface area contributed by atoms with Gasteiger partial charge in [0.1, 0.15) is 0 Å². The van der Waals surface area contributed by atoms with Crippen LogP contribution in [0.5, 0.6) is 0 Å². The topological polar surface area (TPSA) is 50.7 Å². The average molecular weight is 234 g/mol. The Hall–Kier alpha value is -1.84. The monoisotopic (exact) mass is 234 g/mol. The maximum absolute atomic E-state index is 11.2. The molecule has 0 unspecified atom stereocenters. The van der Waals surface area contributed by atoms with Gasteiger partial charge in [-0.1, -0.05) is 43.3 Å². The van der Waals surface area contributed by atoms with Gasteiger partial charge in [0, 0.05) is 12.8 Å². The molecule has 0 fully saturated rings. The predicted octanol–water partition coefficient (Wildman–Crippen LogP) is 2.87. The van der Waals surface area contributed by atoms with Crippen molar-refractivity contribution in [2.24, 2.45) is 5.16 Å². The smallest absolute Gasteiger partial charge is 0.316 e. The summed E-state index contributed by atoms with van der Waals surface area (Å²) in [6.45, 7) is 4.47. The molecule has 4 heteroatoms. The zero-order valence-corrected chi connectivity index (χ0v) is 10.3. The number of amides is 1. The zero-order valence-electron chi connectivity index (χ0n) is 10.3. The number of aryl methyl sites for hydroxylation is 1. The van der Waals surface area contributed by atoms with Crippen LogP contribution in [0.3, 0.4) is 0 Å². The van der Waals surface area contributed by atoms with E-state index in [1.54, 1.807) is 0 Å². The van der Waals surface area contributed by atoms with Crippen LogP contribution in [0, 0.1) is 0 Å². The summed E-state index contributed by atoms with van der Waals surface area (Å²) >= 11 is 0. The summed E-state index contributed by atoms with van der Waals surface area (Å²) in [5.41, 5.74) is 2.32. The third kappa shape index (κ3) is 5.15. The number of hydrogen-bond donors (Lipinski definition) is 1. The van der Waals surface area contributed by atoms with Crippen molar-refractivity contribution in [1.82, 2.24) is 5.32 Å². The SMILES string of the molecule is CC/C=N\OC(=O)NCc1ccc(CC)cc1. The molecular weight excluding hydrogens is 216 g/mol. The van der Waals surface area contributed by atoms with Gasteiger partial charge in [-0.25, -0.2) is 4.79 Å². The Bertz CT molecular complexity index is 372. The minimum Gasteiger partial charge on any atom is -0.316 e. The number of nitrogens with zero attached hydrogens (tertiary/aromatic N) is 1. The minimum atomic E-state index is -0.533. The fraction of sp³-hybridized carbons (Fsp3) is 0.385. The Kier molecular flexibility index (Phi) is 5.79. The number of benzene rings is 1. The number of carbonyl (C=O) groups is 1. The van der Waals surface area contributed by atoms with Crippen LogP contribution in [0.2, 0.25) is 0 Å². The number of nitrogens with one attached hydrogen (secondary N) is 1. The minimum absolute atomic E-state index is 0.449. The van der Waals surface area contributed by atoms with Gasteiger partial charge in [0.25, 0.3) is 0 Å². The van der Waals surface area contributed by atoms with Crippen molar-refractivity contribution in [2.75, 3.05) is 0 Å². The lowest BCUT2D eigenvalue weighted by Crippen LogP contribution is -2.22. The van der Waals surface area contributed by atoms with Gasteiger partial charge in [-0.05, 0) is 24.0 Å². The van der Waals surface area contributed by atoms with Crippen molar-refractivity contribution in [3.05, 3.63) is 35.4 Å². The van der Waals surface area contributed by atoms with Gasteiger partial charge in [0.05, 0.1) is 0 Å². The van der Waals surface area contributed by atoms with E-state index in [1.807, 2.05) is 19.1 Å².